The molecule has 0 saturated heterocycles. The van der Waals surface area contributed by atoms with Crippen LogP contribution in [0.2, 0.25) is 0 Å². The number of hydrogen-bond donors (Lipinski definition) is 1. The van der Waals surface area contributed by atoms with Crippen molar-refractivity contribution in [2.45, 2.75) is 42.3 Å². The number of para-hydroxylation sites is 1. The van der Waals surface area contributed by atoms with E-state index in [1.165, 1.54) is 11.8 Å². The van der Waals surface area contributed by atoms with Crippen LogP contribution >= 0.6 is 11.8 Å². The summed E-state index contributed by atoms with van der Waals surface area (Å²) in [5, 5.41) is 3.76. The van der Waals surface area contributed by atoms with Gasteiger partial charge in [0.25, 0.3) is 5.56 Å². The minimum absolute atomic E-state index is 0.0421. The molecule has 7 heteroatoms. The van der Waals surface area contributed by atoms with Gasteiger partial charge in [0.05, 0.1) is 10.9 Å². The fourth-order valence-electron chi connectivity index (χ4n) is 3.31. The number of rotatable bonds is 9. The van der Waals surface area contributed by atoms with Gasteiger partial charge < -0.3 is 10.1 Å². The Balaban J connectivity index is 1.73. The highest BCUT2D eigenvalue weighted by molar-refractivity contribution is 8.00. The van der Waals surface area contributed by atoms with Gasteiger partial charge >= 0.3 is 0 Å². The maximum Gasteiger partial charge on any atom is 0.262 e. The van der Waals surface area contributed by atoms with Crippen LogP contribution in [-0.4, -0.2) is 35.2 Å². The number of nitrogens with zero attached hydrogens (tertiary/aromatic N) is 2. The maximum atomic E-state index is 13.2. The van der Waals surface area contributed by atoms with E-state index in [2.05, 4.69) is 5.32 Å². The van der Waals surface area contributed by atoms with Gasteiger partial charge in [0.1, 0.15) is 5.25 Å². The Hall–Kier alpha value is -2.64. The van der Waals surface area contributed by atoms with Crippen molar-refractivity contribution < 1.29 is 9.53 Å². The topological polar surface area (TPSA) is 73.2 Å². The van der Waals surface area contributed by atoms with E-state index in [0.717, 1.165) is 18.4 Å². The van der Waals surface area contributed by atoms with E-state index in [-0.39, 0.29) is 17.5 Å². The molecule has 1 aliphatic carbocycles. The van der Waals surface area contributed by atoms with Crippen LogP contribution in [0.3, 0.4) is 0 Å². The summed E-state index contributed by atoms with van der Waals surface area (Å²) >= 11 is 1.33. The summed E-state index contributed by atoms with van der Waals surface area (Å²) in [6.07, 6.45) is 2.73. The van der Waals surface area contributed by atoms with Gasteiger partial charge in [-0.25, -0.2) is 4.98 Å². The Morgan fingerprint density at radius 1 is 1.20 bits per heavy atom. The number of ether oxygens (including phenoxy) is 1. The molecule has 1 heterocycles. The molecule has 1 N–H and O–H groups in total. The van der Waals surface area contributed by atoms with Crippen molar-refractivity contribution in [3.8, 4) is 0 Å². The van der Waals surface area contributed by atoms with Crippen LogP contribution in [0.4, 0.5) is 0 Å². The van der Waals surface area contributed by atoms with E-state index in [1.54, 1.807) is 17.7 Å². The van der Waals surface area contributed by atoms with Crippen LogP contribution in [0.15, 0.2) is 64.5 Å². The summed E-state index contributed by atoms with van der Waals surface area (Å²) in [6, 6.07) is 17.3. The van der Waals surface area contributed by atoms with Crippen LogP contribution in [-0.2, 0) is 16.1 Å². The lowest BCUT2D eigenvalue weighted by molar-refractivity contribution is -0.120. The van der Waals surface area contributed by atoms with Crippen LogP contribution in [0.25, 0.3) is 10.9 Å². The predicted octanol–water partition coefficient (Wildman–Crippen LogP) is 3.55. The lowest BCUT2D eigenvalue weighted by Crippen LogP contribution is -2.31. The van der Waals surface area contributed by atoms with E-state index in [1.807, 2.05) is 48.5 Å². The lowest BCUT2D eigenvalue weighted by Gasteiger charge is -2.19. The summed E-state index contributed by atoms with van der Waals surface area (Å²) in [5.41, 5.74) is 1.45. The first-order valence-electron chi connectivity index (χ1n) is 10.2. The molecule has 3 aromatic rings. The fraction of sp³-hybridized carbons (Fsp3) is 0.348. The first-order chi connectivity index (χ1) is 14.7. The fourth-order valence-corrected chi connectivity index (χ4v) is 4.44. The first-order valence-corrected chi connectivity index (χ1v) is 11.1. The third-order valence-corrected chi connectivity index (χ3v) is 6.29. The van der Waals surface area contributed by atoms with Gasteiger partial charge in [-0.05, 0) is 37.0 Å². The smallest absolute Gasteiger partial charge is 0.262 e. The van der Waals surface area contributed by atoms with E-state index in [4.69, 9.17) is 9.72 Å². The van der Waals surface area contributed by atoms with Crippen molar-refractivity contribution in [3.63, 3.8) is 0 Å². The second-order valence-electron chi connectivity index (χ2n) is 7.41. The minimum Gasteiger partial charge on any atom is -0.385 e. The number of nitrogens with one attached hydrogen (secondary N) is 1. The van der Waals surface area contributed by atoms with Crippen LogP contribution < -0.4 is 10.9 Å². The molecule has 0 bridgehead atoms. The van der Waals surface area contributed by atoms with Crippen molar-refractivity contribution >= 4 is 28.6 Å². The Morgan fingerprint density at radius 3 is 2.67 bits per heavy atom. The SMILES string of the molecule is COCCCn1c(SC(C(=O)NC2CC2)c2ccccc2)nc2ccccc2c1=O. The molecular weight excluding hydrogens is 398 g/mol. The van der Waals surface area contributed by atoms with Gasteiger partial charge in [-0.3, -0.25) is 14.2 Å². The maximum absolute atomic E-state index is 13.2. The zero-order valence-electron chi connectivity index (χ0n) is 16.9. The molecule has 1 aromatic heterocycles. The quantitative estimate of drug-likeness (QED) is 0.324. The molecular formula is C23H25N3O3S. The number of aromatic nitrogens is 2. The molecule has 1 fully saturated rings. The van der Waals surface area contributed by atoms with Crippen molar-refractivity contribution in [2.75, 3.05) is 13.7 Å². The van der Waals surface area contributed by atoms with Gasteiger partial charge in [-0.15, -0.1) is 0 Å². The Bertz CT molecular complexity index is 1080. The Kier molecular flexibility index (Phi) is 6.50. The molecule has 0 spiro atoms. The first kappa shape index (κ1) is 20.6. The number of carbonyl (C=O) groups is 1. The highest BCUT2D eigenvalue weighted by Gasteiger charge is 2.30. The number of thioether (sulfide) groups is 1. The summed E-state index contributed by atoms with van der Waals surface area (Å²) in [6.45, 7) is 1.03. The van der Waals surface area contributed by atoms with Crippen LogP contribution in [0.1, 0.15) is 30.1 Å². The van der Waals surface area contributed by atoms with Gasteiger partial charge in [0, 0.05) is 26.3 Å². The second kappa shape index (κ2) is 9.45. The number of amides is 1. The largest absolute Gasteiger partial charge is 0.385 e. The summed E-state index contributed by atoms with van der Waals surface area (Å²) < 4.78 is 6.84. The molecule has 6 nitrogen and oxygen atoms in total. The standard InChI is InChI=1S/C23H25N3O3S/c1-29-15-7-14-26-22(28)18-10-5-6-11-19(18)25-23(26)30-20(16-8-3-2-4-9-16)21(27)24-17-12-13-17/h2-6,8-11,17,20H,7,12-15H2,1H3,(H,24,27). The Morgan fingerprint density at radius 2 is 1.93 bits per heavy atom. The number of carbonyl (C=O) groups excluding carboxylic acids is 1. The highest BCUT2D eigenvalue weighted by Crippen LogP contribution is 2.35. The molecule has 2 aromatic carbocycles. The lowest BCUT2D eigenvalue weighted by atomic mass is 10.1. The third-order valence-electron chi connectivity index (χ3n) is 5.04. The molecule has 1 amide bonds. The molecule has 4 rings (SSSR count). The summed E-state index contributed by atoms with van der Waals surface area (Å²) in [5.74, 6) is -0.0421. The van der Waals surface area contributed by atoms with E-state index < -0.39 is 5.25 Å². The monoisotopic (exact) mass is 423 g/mol. The van der Waals surface area contributed by atoms with Gasteiger partial charge in [-0.2, -0.15) is 0 Å². The minimum atomic E-state index is -0.478. The van der Waals surface area contributed by atoms with E-state index >= 15 is 0 Å². The molecule has 1 aliphatic rings. The van der Waals surface area contributed by atoms with Gasteiger partial charge in [0.15, 0.2) is 5.16 Å². The molecule has 0 radical (unpaired) electrons. The average molecular weight is 424 g/mol. The van der Waals surface area contributed by atoms with Gasteiger partial charge in [-0.1, -0.05) is 54.2 Å². The third kappa shape index (κ3) is 4.74. The van der Waals surface area contributed by atoms with Gasteiger partial charge in [0.2, 0.25) is 5.91 Å². The number of benzene rings is 2. The van der Waals surface area contributed by atoms with Crippen molar-refractivity contribution in [3.05, 3.63) is 70.5 Å². The molecule has 1 atom stereocenters. The van der Waals surface area contributed by atoms with Crippen molar-refractivity contribution in [1.29, 1.82) is 0 Å². The average Bonchev–Trinajstić information content (AvgIpc) is 3.58. The normalized spacial score (nSPS) is 14.6. The zero-order valence-corrected chi connectivity index (χ0v) is 17.7. The van der Waals surface area contributed by atoms with Crippen LogP contribution in [0.5, 0.6) is 0 Å². The van der Waals surface area contributed by atoms with E-state index in [9.17, 15) is 9.59 Å². The molecule has 156 valence electrons. The summed E-state index contributed by atoms with van der Waals surface area (Å²) in [4.78, 5) is 31.0. The molecule has 1 unspecified atom stereocenters. The molecule has 0 aliphatic heterocycles. The number of fused-ring (bicyclic) bond motifs is 1. The number of methoxy groups -OCH3 is 1. The summed E-state index contributed by atoms with van der Waals surface area (Å²) in [7, 11) is 1.64. The Labute approximate surface area is 179 Å². The number of hydrogen-bond acceptors (Lipinski definition) is 5. The predicted molar refractivity (Wildman–Crippen MR) is 119 cm³/mol. The zero-order chi connectivity index (χ0) is 20.9. The van der Waals surface area contributed by atoms with Crippen LogP contribution in [0, 0.1) is 0 Å². The highest BCUT2D eigenvalue weighted by atomic mass is 32.2. The molecule has 1 saturated carbocycles. The molecule has 30 heavy (non-hydrogen) atoms. The van der Waals surface area contributed by atoms with Crippen molar-refractivity contribution in [1.82, 2.24) is 14.9 Å². The second-order valence-corrected chi connectivity index (χ2v) is 8.48. The van der Waals surface area contributed by atoms with Crippen molar-refractivity contribution in [2.24, 2.45) is 0 Å². The van der Waals surface area contributed by atoms with E-state index in [0.29, 0.717) is 35.6 Å².